The minimum atomic E-state index is -3.62. The lowest BCUT2D eigenvalue weighted by Gasteiger charge is -2.26. The summed E-state index contributed by atoms with van der Waals surface area (Å²) in [5, 5.41) is 0. The van der Waals surface area contributed by atoms with Gasteiger partial charge in [-0.05, 0) is 55.7 Å². The number of halogens is 1. The van der Waals surface area contributed by atoms with Gasteiger partial charge in [0.05, 0.1) is 12.0 Å². The minimum absolute atomic E-state index is 0.127. The van der Waals surface area contributed by atoms with Crippen LogP contribution in [0.15, 0.2) is 47.4 Å². The zero-order valence-corrected chi connectivity index (χ0v) is 18.1. The fourth-order valence-corrected chi connectivity index (χ4v) is 5.15. The van der Waals surface area contributed by atoms with Gasteiger partial charge < -0.3 is 9.64 Å². The molecule has 0 radical (unpaired) electrons. The smallest absolute Gasteiger partial charge is 0.254 e. The van der Waals surface area contributed by atoms with Gasteiger partial charge in [-0.25, -0.2) is 12.8 Å². The summed E-state index contributed by atoms with van der Waals surface area (Å²) in [6.07, 6.45) is 2.72. The number of hydrogen-bond donors (Lipinski definition) is 0. The summed E-state index contributed by atoms with van der Waals surface area (Å²) >= 11 is 0. The zero-order chi connectivity index (χ0) is 21.7. The SMILES string of the molecule is CCN(Cc1ccc(OC)c(F)c1)C(=O)c1cccc(S(=O)(=O)N2CCCCC2)c1. The van der Waals surface area contributed by atoms with Crippen LogP contribution in [0.5, 0.6) is 5.75 Å². The van der Waals surface area contributed by atoms with Gasteiger partial charge in [0.1, 0.15) is 0 Å². The van der Waals surface area contributed by atoms with Gasteiger partial charge in [-0.3, -0.25) is 4.79 Å². The molecule has 2 aromatic rings. The number of hydrogen-bond acceptors (Lipinski definition) is 4. The summed E-state index contributed by atoms with van der Waals surface area (Å²) in [6.45, 7) is 3.44. The fourth-order valence-electron chi connectivity index (χ4n) is 3.58. The first-order chi connectivity index (χ1) is 14.4. The molecule has 0 aliphatic carbocycles. The van der Waals surface area contributed by atoms with Gasteiger partial charge in [0, 0.05) is 31.7 Å². The van der Waals surface area contributed by atoms with E-state index in [-0.39, 0.29) is 23.1 Å². The van der Waals surface area contributed by atoms with Crippen LogP contribution in [-0.4, -0.2) is 50.3 Å². The van der Waals surface area contributed by atoms with E-state index in [1.807, 2.05) is 6.92 Å². The number of piperidine rings is 1. The van der Waals surface area contributed by atoms with Crippen molar-refractivity contribution in [3.8, 4) is 5.75 Å². The van der Waals surface area contributed by atoms with Crippen molar-refractivity contribution in [3.05, 3.63) is 59.4 Å². The molecule has 0 aromatic heterocycles. The van der Waals surface area contributed by atoms with Crippen LogP contribution in [0.4, 0.5) is 4.39 Å². The van der Waals surface area contributed by atoms with Crippen LogP contribution in [0.3, 0.4) is 0 Å². The maximum absolute atomic E-state index is 14.0. The normalized spacial score (nSPS) is 15.0. The molecule has 6 nitrogen and oxygen atoms in total. The van der Waals surface area contributed by atoms with E-state index in [1.54, 1.807) is 23.1 Å². The largest absolute Gasteiger partial charge is 0.494 e. The molecule has 1 saturated heterocycles. The van der Waals surface area contributed by atoms with Crippen molar-refractivity contribution in [1.82, 2.24) is 9.21 Å². The van der Waals surface area contributed by atoms with E-state index in [2.05, 4.69) is 0 Å². The highest BCUT2D eigenvalue weighted by Crippen LogP contribution is 2.23. The lowest BCUT2D eigenvalue weighted by molar-refractivity contribution is 0.0752. The van der Waals surface area contributed by atoms with E-state index < -0.39 is 15.8 Å². The predicted octanol–water partition coefficient (Wildman–Crippen LogP) is 3.67. The van der Waals surface area contributed by atoms with E-state index in [9.17, 15) is 17.6 Å². The Bertz CT molecular complexity index is 1000. The Labute approximate surface area is 177 Å². The van der Waals surface area contributed by atoms with Crippen LogP contribution >= 0.6 is 0 Å². The van der Waals surface area contributed by atoms with Gasteiger partial charge in [-0.15, -0.1) is 0 Å². The molecular formula is C22H27FN2O4S. The monoisotopic (exact) mass is 434 g/mol. The first-order valence-electron chi connectivity index (χ1n) is 10.1. The first-order valence-corrected chi connectivity index (χ1v) is 11.5. The molecule has 3 rings (SSSR count). The van der Waals surface area contributed by atoms with Gasteiger partial charge >= 0.3 is 0 Å². The van der Waals surface area contributed by atoms with Crippen molar-refractivity contribution in [1.29, 1.82) is 0 Å². The molecule has 0 unspecified atom stereocenters. The molecule has 1 aliphatic heterocycles. The van der Waals surface area contributed by atoms with Gasteiger partial charge in [-0.1, -0.05) is 18.6 Å². The van der Waals surface area contributed by atoms with Crippen molar-refractivity contribution in [2.24, 2.45) is 0 Å². The van der Waals surface area contributed by atoms with E-state index in [1.165, 1.54) is 35.7 Å². The molecule has 1 amide bonds. The number of carbonyl (C=O) groups excluding carboxylic acids is 1. The second-order valence-corrected chi connectivity index (χ2v) is 9.22. The van der Waals surface area contributed by atoms with Crippen molar-refractivity contribution < 1.29 is 22.3 Å². The second-order valence-electron chi connectivity index (χ2n) is 7.28. The fraction of sp³-hybridized carbons (Fsp3) is 0.409. The summed E-state index contributed by atoms with van der Waals surface area (Å²) in [5.74, 6) is -0.652. The lowest BCUT2D eigenvalue weighted by atomic mass is 10.1. The highest BCUT2D eigenvalue weighted by atomic mass is 32.2. The number of carbonyl (C=O) groups is 1. The quantitative estimate of drug-likeness (QED) is 0.667. The van der Waals surface area contributed by atoms with Crippen LogP contribution in [0, 0.1) is 5.82 Å². The van der Waals surface area contributed by atoms with Crippen molar-refractivity contribution in [2.45, 2.75) is 37.6 Å². The highest BCUT2D eigenvalue weighted by Gasteiger charge is 2.27. The van der Waals surface area contributed by atoms with Crippen molar-refractivity contribution in [3.63, 3.8) is 0 Å². The van der Waals surface area contributed by atoms with Gasteiger partial charge in [-0.2, -0.15) is 4.31 Å². The third kappa shape index (κ3) is 4.82. The Kier molecular flexibility index (Phi) is 7.10. The number of sulfonamides is 1. The molecular weight excluding hydrogens is 407 g/mol. The maximum Gasteiger partial charge on any atom is 0.254 e. The van der Waals surface area contributed by atoms with Crippen molar-refractivity contribution in [2.75, 3.05) is 26.7 Å². The maximum atomic E-state index is 14.0. The standard InChI is InChI=1S/C22H27FN2O4S/c1-3-24(16-17-10-11-21(29-2)20(23)14-17)22(26)18-8-7-9-19(15-18)30(27,28)25-12-5-4-6-13-25/h7-11,14-15H,3-6,12-13,16H2,1-2H3. The van der Waals surface area contributed by atoms with Crippen molar-refractivity contribution >= 4 is 15.9 Å². The van der Waals surface area contributed by atoms with Gasteiger partial charge in [0.15, 0.2) is 11.6 Å². The predicted molar refractivity (Wildman–Crippen MR) is 112 cm³/mol. The highest BCUT2D eigenvalue weighted by molar-refractivity contribution is 7.89. The Morgan fingerprint density at radius 1 is 1.13 bits per heavy atom. The Hall–Kier alpha value is -2.45. The van der Waals surface area contributed by atoms with Gasteiger partial charge in [0.2, 0.25) is 10.0 Å². The van der Waals surface area contributed by atoms with Crippen LogP contribution in [0.1, 0.15) is 42.1 Å². The minimum Gasteiger partial charge on any atom is -0.494 e. The number of methoxy groups -OCH3 is 1. The zero-order valence-electron chi connectivity index (χ0n) is 17.3. The number of benzene rings is 2. The molecule has 0 spiro atoms. The molecule has 162 valence electrons. The molecule has 0 atom stereocenters. The van der Waals surface area contributed by atoms with E-state index in [0.717, 1.165) is 19.3 Å². The molecule has 0 bridgehead atoms. The molecule has 1 heterocycles. The summed E-state index contributed by atoms with van der Waals surface area (Å²) in [7, 11) is -2.23. The van der Waals surface area contributed by atoms with Crippen LogP contribution in [-0.2, 0) is 16.6 Å². The molecule has 0 saturated carbocycles. The molecule has 8 heteroatoms. The van der Waals surface area contributed by atoms with E-state index >= 15 is 0 Å². The van der Waals surface area contributed by atoms with Crippen LogP contribution < -0.4 is 4.74 Å². The lowest BCUT2D eigenvalue weighted by Crippen LogP contribution is -2.36. The Morgan fingerprint density at radius 2 is 1.87 bits per heavy atom. The summed E-state index contributed by atoms with van der Waals surface area (Å²) < 4.78 is 46.3. The summed E-state index contributed by atoms with van der Waals surface area (Å²) in [5.41, 5.74) is 0.921. The Balaban J connectivity index is 1.81. The summed E-state index contributed by atoms with van der Waals surface area (Å²) in [6, 6.07) is 10.7. The molecule has 1 fully saturated rings. The van der Waals surface area contributed by atoms with E-state index in [4.69, 9.17) is 4.74 Å². The van der Waals surface area contributed by atoms with Crippen LogP contribution in [0.25, 0.3) is 0 Å². The number of amides is 1. The molecule has 30 heavy (non-hydrogen) atoms. The van der Waals surface area contributed by atoms with Gasteiger partial charge in [0.25, 0.3) is 5.91 Å². The van der Waals surface area contributed by atoms with E-state index in [0.29, 0.717) is 30.8 Å². The molecule has 1 aliphatic rings. The third-order valence-electron chi connectivity index (χ3n) is 5.29. The number of nitrogens with zero attached hydrogens (tertiary/aromatic N) is 2. The number of rotatable bonds is 7. The van der Waals surface area contributed by atoms with Crippen LogP contribution in [0.2, 0.25) is 0 Å². The topological polar surface area (TPSA) is 66.9 Å². The first kappa shape index (κ1) is 22.2. The summed E-state index contributed by atoms with van der Waals surface area (Å²) in [4.78, 5) is 14.7. The second kappa shape index (κ2) is 9.57. The molecule has 2 aromatic carbocycles. The molecule has 0 N–H and O–H groups in total. The number of ether oxygens (including phenoxy) is 1. The Morgan fingerprint density at radius 3 is 2.50 bits per heavy atom. The average molecular weight is 435 g/mol. The third-order valence-corrected chi connectivity index (χ3v) is 7.19. The average Bonchev–Trinajstić information content (AvgIpc) is 2.77.